The van der Waals surface area contributed by atoms with E-state index in [1.165, 1.54) is 55.6 Å². The molecule has 0 saturated carbocycles. The van der Waals surface area contributed by atoms with Gasteiger partial charge in [-0.2, -0.15) is 0 Å². The molecular formula is C17H12BrNO6S. The van der Waals surface area contributed by atoms with Crippen LogP contribution in [0.4, 0.5) is 5.69 Å². The van der Waals surface area contributed by atoms with Gasteiger partial charge in [0.2, 0.25) is 0 Å². The first-order valence-corrected chi connectivity index (χ1v) is 9.52. The van der Waals surface area contributed by atoms with Crippen LogP contribution in [0.5, 0.6) is 0 Å². The third-order valence-corrected chi connectivity index (χ3v) is 5.29. The van der Waals surface area contributed by atoms with Gasteiger partial charge in [0, 0.05) is 21.6 Å². The molecule has 0 radical (unpaired) electrons. The minimum Gasteiger partial charge on any atom is -0.465 e. The summed E-state index contributed by atoms with van der Waals surface area (Å²) >= 11 is 3.19. The molecule has 7 nitrogen and oxygen atoms in total. The monoisotopic (exact) mass is 437 g/mol. The molecule has 0 spiro atoms. The average molecular weight is 438 g/mol. The van der Waals surface area contributed by atoms with E-state index in [2.05, 4.69) is 25.4 Å². The summed E-state index contributed by atoms with van der Waals surface area (Å²) in [5.74, 6) is -0.650. The van der Waals surface area contributed by atoms with Crippen molar-refractivity contribution < 1.29 is 22.4 Å². The number of hydrogen-bond acceptors (Lipinski definition) is 6. The van der Waals surface area contributed by atoms with Gasteiger partial charge in [-0.15, -0.1) is 0 Å². The number of anilines is 1. The Balaban J connectivity index is 1.99. The van der Waals surface area contributed by atoms with E-state index in [1.807, 2.05) is 0 Å². The first-order chi connectivity index (χ1) is 12.3. The molecule has 0 aliphatic rings. The zero-order chi connectivity index (χ0) is 18.9. The fourth-order valence-corrected chi connectivity index (χ4v) is 4.07. The summed E-state index contributed by atoms with van der Waals surface area (Å²) < 4.78 is 37.8. The van der Waals surface area contributed by atoms with E-state index in [1.54, 1.807) is 0 Å². The lowest BCUT2D eigenvalue weighted by Crippen LogP contribution is -2.14. The smallest absolute Gasteiger partial charge is 0.337 e. The third kappa shape index (κ3) is 3.78. The van der Waals surface area contributed by atoms with Crippen LogP contribution in [0.1, 0.15) is 10.4 Å². The second-order valence-electron chi connectivity index (χ2n) is 5.28. The van der Waals surface area contributed by atoms with Gasteiger partial charge in [-0.1, -0.05) is 15.9 Å². The van der Waals surface area contributed by atoms with Gasteiger partial charge in [0.1, 0.15) is 5.58 Å². The van der Waals surface area contributed by atoms with Gasteiger partial charge in [-0.25, -0.2) is 18.0 Å². The number of fused-ring (bicyclic) bond motifs is 1. The Morgan fingerprint density at radius 1 is 1.12 bits per heavy atom. The minimum absolute atomic E-state index is 0.0996. The molecule has 9 heteroatoms. The fraction of sp³-hybridized carbons (Fsp3) is 0.0588. The van der Waals surface area contributed by atoms with Crippen molar-refractivity contribution in [1.82, 2.24) is 0 Å². The molecule has 0 saturated heterocycles. The van der Waals surface area contributed by atoms with Gasteiger partial charge in [-0.3, -0.25) is 4.72 Å². The molecule has 2 aromatic carbocycles. The topological polar surface area (TPSA) is 103 Å². The summed E-state index contributed by atoms with van der Waals surface area (Å²) in [6.07, 6.45) is 0. The Morgan fingerprint density at radius 3 is 2.62 bits per heavy atom. The zero-order valence-corrected chi connectivity index (χ0v) is 15.8. The van der Waals surface area contributed by atoms with Crippen molar-refractivity contribution in [3.8, 4) is 0 Å². The van der Waals surface area contributed by atoms with E-state index in [-0.39, 0.29) is 16.1 Å². The maximum absolute atomic E-state index is 12.6. The predicted molar refractivity (Wildman–Crippen MR) is 98.8 cm³/mol. The number of rotatable bonds is 4. The molecule has 3 aromatic rings. The Kier molecular flexibility index (Phi) is 4.84. The summed E-state index contributed by atoms with van der Waals surface area (Å²) in [6.45, 7) is 0. The molecule has 26 heavy (non-hydrogen) atoms. The number of benzene rings is 2. The molecule has 0 amide bonds. The maximum atomic E-state index is 12.6. The van der Waals surface area contributed by atoms with E-state index in [0.717, 1.165) is 0 Å². The number of halogens is 1. The quantitative estimate of drug-likeness (QED) is 0.496. The van der Waals surface area contributed by atoms with Crippen molar-refractivity contribution in [1.29, 1.82) is 0 Å². The van der Waals surface area contributed by atoms with Crippen molar-refractivity contribution in [3.63, 3.8) is 0 Å². The molecule has 0 bridgehead atoms. The van der Waals surface area contributed by atoms with Crippen LogP contribution in [-0.2, 0) is 14.8 Å². The molecule has 3 rings (SSSR count). The lowest BCUT2D eigenvalue weighted by Gasteiger charge is -2.10. The van der Waals surface area contributed by atoms with E-state index in [0.29, 0.717) is 15.4 Å². The van der Waals surface area contributed by atoms with Crippen molar-refractivity contribution >= 4 is 48.6 Å². The van der Waals surface area contributed by atoms with E-state index >= 15 is 0 Å². The van der Waals surface area contributed by atoms with Crippen molar-refractivity contribution in [2.75, 3.05) is 11.8 Å². The van der Waals surface area contributed by atoms with Crippen LogP contribution < -0.4 is 10.3 Å². The highest BCUT2D eigenvalue weighted by molar-refractivity contribution is 9.10. The van der Waals surface area contributed by atoms with Crippen molar-refractivity contribution in [3.05, 3.63) is 69.0 Å². The van der Waals surface area contributed by atoms with Crippen molar-refractivity contribution in [2.24, 2.45) is 0 Å². The van der Waals surface area contributed by atoms with Crippen molar-refractivity contribution in [2.45, 2.75) is 4.90 Å². The summed E-state index contributed by atoms with van der Waals surface area (Å²) in [5, 5.41) is 0.564. The highest BCUT2D eigenvalue weighted by atomic mass is 79.9. The van der Waals surface area contributed by atoms with Gasteiger partial charge in [0.05, 0.1) is 17.6 Å². The Hall–Kier alpha value is -2.65. The van der Waals surface area contributed by atoms with E-state index < -0.39 is 21.6 Å². The van der Waals surface area contributed by atoms with Gasteiger partial charge >= 0.3 is 11.6 Å². The molecule has 0 unspecified atom stereocenters. The molecule has 0 atom stereocenters. The fourth-order valence-electron chi connectivity index (χ4n) is 2.30. The van der Waals surface area contributed by atoms with Gasteiger partial charge in [-0.05, 0) is 42.5 Å². The van der Waals surface area contributed by atoms with E-state index in [4.69, 9.17) is 4.42 Å². The van der Waals surface area contributed by atoms with E-state index in [9.17, 15) is 18.0 Å². The second-order valence-corrected chi connectivity index (χ2v) is 7.88. The minimum atomic E-state index is -3.96. The normalized spacial score (nSPS) is 11.3. The van der Waals surface area contributed by atoms with Crippen LogP contribution in [0, 0.1) is 0 Å². The summed E-state index contributed by atoms with van der Waals surface area (Å²) in [6, 6.07) is 11.3. The number of hydrogen-bond donors (Lipinski definition) is 1. The SMILES string of the molecule is COC(=O)c1cc(Br)cc(S(=O)(=O)Nc2ccc3oc(=O)ccc3c2)c1. The highest BCUT2D eigenvalue weighted by Gasteiger charge is 2.18. The molecule has 134 valence electrons. The number of esters is 1. The van der Waals surface area contributed by atoms with Crippen LogP contribution in [-0.4, -0.2) is 21.5 Å². The number of nitrogens with one attached hydrogen (secondary N) is 1. The Bertz CT molecular complexity index is 1170. The van der Waals surface area contributed by atoms with Crippen LogP contribution in [0.15, 0.2) is 67.1 Å². The van der Waals surface area contributed by atoms with Gasteiger partial charge in [0.15, 0.2) is 0 Å². The lowest BCUT2D eigenvalue weighted by molar-refractivity contribution is 0.0600. The highest BCUT2D eigenvalue weighted by Crippen LogP contribution is 2.24. The molecule has 1 aromatic heterocycles. The van der Waals surface area contributed by atoms with Crippen LogP contribution in [0.2, 0.25) is 0 Å². The standard InChI is InChI=1S/C17H12BrNO6S/c1-24-17(21)11-6-12(18)9-14(8-11)26(22,23)19-13-3-4-15-10(7-13)2-5-16(20)25-15/h2-9,19H,1H3. The molecular weight excluding hydrogens is 426 g/mol. The largest absolute Gasteiger partial charge is 0.465 e. The Morgan fingerprint density at radius 2 is 1.88 bits per heavy atom. The number of sulfonamides is 1. The summed E-state index contributed by atoms with van der Waals surface area (Å²) in [5.41, 5.74) is 0.236. The molecule has 0 fully saturated rings. The van der Waals surface area contributed by atoms with Crippen LogP contribution >= 0.6 is 15.9 Å². The average Bonchev–Trinajstić information content (AvgIpc) is 2.60. The molecule has 1 heterocycles. The van der Waals surface area contributed by atoms with Gasteiger partial charge < -0.3 is 9.15 Å². The first-order valence-electron chi connectivity index (χ1n) is 7.24. The molecule has 0 aliphatic heterocycles. The van der Waals surface area contributed by atoms with Gasteiger partial charge in [0.25, 0.3) is 10.0 Å². The summed E-state index contributed by atoms with van der Waals surface area (Å²) in [4.78, 5) is 22.8. The predicted octanol–water partition coefficient (Wildman–Crippen LogP) is 3.14. The molecule has 0 aliphatic carbocycles. The third-order valence-electron chi connectivity index (χ3n) is 3.47. The number of methoxy groups -OCH3 is 1. The number of carbonyl (C=O) groups excluding carboxylic acids is 1. The number of ether oxygens (including phenoxy) is 1. The second kappa shape index (κ2) is 6.93. The first kappa shape index (κ1) is 18.2. The molecule has 1 N–H and O–H groups in total. The summed E-state index contributed by atoms with van der Waals surface area (Å²) in [7, 11) is -2.75. The maximum Gasteiger partial charge on any atom is 0.337 e. The zero-order valence-electron chi connectivity index (χ0n) is 13.4. The Labute approximate surface area is 156 Å². The number of carbonyl (C=O) groups is 1. The lowest BCUT2D eigenvalue weighted by atomic mass is 10.2. The van der Waals surface area contributed by atoms with Crippen LogP contribution in [0.25, 0.3) is 11.0 Å². The van der Waals surface area contributed by atoms with Crippen LogP contribution in [0.3, 0.4) is 0 Å².